The highest BCUT2D eigenvalue weighted by molar-refractivity contribution is 5.90. The van der Waals surface area contributed by atoms with Crippen molar-refractivity contribution in [2.75, 3.05) is 6.61 Å². The van der Waals surface area contributed by atoms with Gasteiger partial charge in [0.15, 0.2) is 0 Å². The van der Waals surface area contributed by atoms with Crippen LogP contribution < -0.4 is 0 Å². The highest BCUT2D eigenvalue weighted by Gasteiger charge is 2.29. The molecule has 0 heterocycles. The number of nitro groups is 1. The van der Waals surface area contributed by atoms with Crippen molar-refractivity contribution >= 4 is 11.7 Å². The first-order chi connectivity index (χ1) is 10.5. The second-order valence-corrected chi connectivity index (χ2v) is 5.59. The Morgan fingerprint density at radius 2 is 2.09 bits per heavy atom. The summed E-state index contributed by atoms with van der Waals surface area (Å²) in [5.41, 5.74) is 0.196. The molecule has 2 rings (SSSR count). The van der Waals surface area contributed by atoms with Crippen molar-refractivity contribution in [3.8, 4) is 0 Å². The van der Waals surface area contributed by atoms with Gasteiger partial charge in [0.05, 0.1) is 28.8 Å². The molecule has 0 saturated heterocycles. The van der Waals surface area contributed by atoms with Gasteiger partial charge in [0.25, 0.3) is 5.69 Å². The lowest BCUT2D eigenvalue weighted by Gasteiger charge is -2.26. The molecular weight excluding hydrogens is 286 g/mol. The average molecular weight is 307 g/mol. The predicted molar refractivity (Wildman–Crippen MR) is 80.6 cm³/mol. The van der Waals surface area contributed by atoms with Crippen molar-refractivity contribution in [1.29, 1.82) is 0 Å². The Kier molecular flexibility index (Phi) is 5.49. The Labute approximate surface area is 129 Å². The van der Waals surface area contributed by atoms with Crippen LogP contribution in [0.15, 0.2) is 18.2 Å². The fourth-order valence-electron chi connectivity index (χ4n) is 3.00. The summed E-state index contributed by atoms with van der Waals surface area (Å²) in [5, 5.41) is 21.8. The van der Waals surface area contributed by atoms with E-state index in [9.17, 15) is 20.0 Å². The summed E-state index contributed by atoms with van der Waals surface area (Å²) >= 11 is 0. The molecule has 0 bridgehead atoms. The van der Waals surface area contributed by atoms with Crippen LogP contribution in [0.25, 0.3) is 0 Å². The molecule has 0 amide bonds. The van der Waals surface area contributed by atoms with Gasteiger partial charge in [-0.2, -0.15) is 0 Å². The standard InChI is InChI=1S/C16H21NO5/c1-2-22-16(19)12-8-9-13(14(10-12)17(20)21)15(18)11-6-4-3-5-7-11/h8-11,15,18H,2-7H2,1H3. The summed E-state index contributed by atoms with van der Waals surface area (Å²) < 4.78 is 4.86. The molecule has 1 fully saturated rings. The Morgan fingerprint density at radius 3 is 2.68 bits per heavy atom. The lowest BCUT2D eigenvalue weighted by molar-refractivity contribution is -0.386. The number of nitrogens with zero attached hydrogens (tertiary/aromatic N) is 1. The number of aliphatic hydroxyl groups is 1. The van der Waals surface area contributed by atoms with Crippen LogP contribution in [0.5, 0.6) is 0 Å². The smallest absolute Gasteiger partial charge is 0.338 e. The molecule has 0 spiro atoms. The fraction of sp³-hybridized carbons (Fsp3) is 0.562. The van der Waals surface area contributed by atoms with Gasteiger partial charge in [0, 0.05) is 6.07 Å². The number of carbonyl (C=O) groups is 1. The van der Waals surface area contributed by atoms with Crippen molar-refractivity contribution in [3.63, 3.8) is 0 Å². The molecule has 0 radical (unpaired) electrons. The summed E-state index contributed by atoms with van der Waals surface area (Å²) in [5.74, 6) is -0.551. The molecule has 1 saturated carbocycles. The van der Waals surface area contributed by atoms with Crippen LogP contribution in [0.3, 0.4) is 0 Å². The zero-order valence-electron chi connectivity index (χ0n) is 12.7. The van der Waals surface area contributed by atoms with Gasteiger partial charge in [-0.3, -0.25) is 10.1 Å². The van der Waals surface area contributed by atoms with Crippen molar-refractivity contribution in [2.45, 2.75) is 45.1 Å². The Hall–Kier alpha value is -1.95. The van der Waals surface area contributed by atoms with Gasteiger partial charge >= 0.3 is 5.97 Å². The van der Waals surface area contributed by atoms with E-state index in [1.165, 1.54) is 18.2 Å². The summed E-state index contributed by atoms with van der Waals surface area (Å²) in [6.45, 7) is 1.88. The quantitative estimate of drug-likeness (QED) is 0.511. The van der Waals surface area contributed by atoms with Crippen molar-refractivity contribution in [1.82, 2.24) is 0 Å². The molecule has 1 aliphatic carbocycles. The average Bonchev–Trinajstić information content (AvgIpc) is 2.54. The zero-order chi connectivity index (χ0) is 16.1. The summed E-state index contributed by atoms with van der Waals surface area (Å²) in [6.07, 6.45) is 4.10. The van der Waals surface area contributed by atoms with E-state index in [4.69, 9.17) is 4.74 Å². The van der Waals surface area contributed by atoms with Crippen LogP contribution in [0.2, 0.25) is 0 Å². The Morgan fingerprint density at radius 1 is 1.41 bits per heavy atom. The molecule has 1 aliphatic rings. The topological polar surface area (TPSA) is 89.7 Å². The maximum Gasteiger partial charge on any atom is 0.338 e. The summed E-state index contributed by atoms with van der Waals surface area (Å²) in [6, 6.07) is 4.15. The first-order valence-electron chi connectivity index (χ1n) is 7.68. The summed E-state index contributed by atoms with van der Waals surface area (Å²) in [7, 11) is 0. The number of esters is 1. The van der Waals surface area contributed by atoms with Gasteiger partial charge in [-0.25, -0.2) is 4.79 Å². The van der Waals surface area contributed by atoms with Crippen molar-refractivity contribution < 1.29 is 19.6 Å². The first-order valence-corrected chi connectivity index (χ1v) is 7.68. The maximum atomic E-state index is 11.7. The monoisotopic (exact) mass is 307 g/mol. The second-order valence-electron chi connectivity index (χ2n) is 5.59. The molecule has 1 aromatic carbocycles. The van der Waals surface area contributed by atoms with Gasteiger partial charge < -0.3 is 9.84 Å². The predicted octanol–water partition coefficient (Wildman–Crippen LogP) is 3.39. The number of hydrogen-bond donors (Lipinski definition) is 1. The third-order valence-electron chi connectivity index (χ3n) is 4.15. The SMILES string of the molecule is CCOC(=O)c1ccc(C(O)C2CCCCC2)c([N+](=O)[O-])c1. The maximum absolute atomic E-state index is 11.7. The van der Waals surface area contributed by atoms with Gasteiger partial charge in [-0.15, -0.1) is 0 Å². The molecule has 0 aliphatic heterocycles. The molecule has 1 unspecified atom stereocenters. The van der Waals surface area contributed by atoms with E-state index in [1.54, 1.807) is 6.92 Å². The number of rotatable bonds is 5. The lowest BCUT2D eigenvalue weighted by atomic mass is 9.82. The van der Waals surface area contributed by atoms with E-state index < -0.39 is 17.0 Å². The fourth-order valence-corrected chi connectivity index (χ4v) is 3.00. The second kappa shape index (κ2) is 7.35. The van der Waals surface area contributed by atoms with Crippen LogP contribution >= 0.6 is 0 Å². The number of benzene rings is 1. The van der Waals surface area contributed by atoms with E-state index in [-0.39, 0.29) is 29.3 Å². The summed E-state index contributed by atoms with van der Waals surface area (Å²) in [4.78, 5) is 22.4. The first kappa shape index (κ1) is 16.4. The van der Waals surface area contributed by atoms with Crippen molar-refractivity contribution in [2.24, 2.45) is 5.92 Å². The van der Waals surface area contributed by atoms with E-state index >= 15 is 0 Å². The number of nitro benzene ring substituents is 1. The zero-order valence-corrected chi connectivity index (χ0v) is 12.7. The van der Waals surface area contributed by atoms with Gasteiger partial charge in [0.2, 0.25) is 0 Å². The Balaban J connectivity index is 2.30. The number of ether oxygens (including phenoxy) is 1. The van der Waals surface area contributed by atoms with Crippen LogP contribution in [0.4, 0.5) is 5.69 Å². The number of hydrogen-bond acceptors (Lipinski definition) is 5. The molecule has 1 aromatic rings. The molecule has 1 atom stereocenters. The van der Waals surface area contributed by atoms with E-state index in [1.807, 2.05) is 0 Å². The third-order valence-corrected chi connectivity index (χ3v) is 4.15. The van der Waals surface area contributed by atoms with Crippen molar-refractivity contribution in [3.05, 3.63) is 39.4 Å². The van der Waals surface area contributed by atoms with Gasteiger partial charge in [-0.1, -0.05) is 19.3 Å². The number of carbonyl (C=O) groups excluding carboxylic acids is 1. The Bertz CT molecular complexity index is 551. The van der Waals surface area contributed by atoms with E-state index in [2.05, 4.69) is 0 Å². The third kappa shape index (κ3) is 3.62. The van der Waals surface area contributed by atoms with Crippen LogP contribution in [-0.2, 0) is 4.74 Å². The molecular formula is C16H21NO5. The van der Waals surface area contributed by atoms with Crippen LogP contribution in [0, 0.1) is 16.0 Å². The molecule has 6 nitrogen and oxygen atoms in total. The highest BCUT2D eigenvalue weighted by Crippen LogP contribution is 2.38. The van der Waals surface area contributed by atoms with E-state index in [0.29, 0.717) is 0 Å². The minimum Gasteiger partial charge on any atom is -0.462 e. The molecule has 1 N–H and O–H groups in total. The van der Waals surface area contributed by atoms with E-state index in [0.717, 1.165) is 32.1 Å². The van der Waals surface area contributed by atoms with Crippen LogP contribution in [-0.4, -0.2) is 22.6 Å². The van der Waals surface area contributed by atoms with Crippen LogP contribution in [0.1, 0.15) is 61.1 Å². The number of aliphatic hydroxyl groups excluding tert-OH is 1. The lowest BCUT2D eigenvalue weighted by Crippen LogP contribution is -2.17. The highest BCUT2D eigenvalue weighted by atomic mass is 16.6. The molecule has 120 valence electrons. The van der Waals surface area contributed by atoms with Gasteiger partial charge in [-0.05, 0) is 37.8 Å². The normalized spacial score (nSPS) is 17.0. The minimum absolute atomic E-state index is 0.0425. The largest absolute Gasteiger partial charge is 0.462 e. The minimum atomic E-state index is -0.864. The molecule has 0 aromatic heterocycles. The molecule has 22 heavy (non-hydrogen) atoms. The van der Waals surface area contributed by atoms with Gasteiger partial charge in [0.1, 0.15) is 0 Å². The molecule has 6 heteroatoms.